The fraction of sp³-hybridized carbons (Fsp3) is 0.364. The van der Waals surface area contributed by atoms with Crippen LogP contribution >= 0.6 is 0 Å². The van der Waals surface area contributed by atoms with E-state index >= 15 is 0 Å². The molecule has 1 N–H and O–H groups in total. The van der Waals surface area contributed by atoms with Gasteiger partial charge in [0.15, 0.2) is 6.10 Å². The number of anilines is 1. The van der Waals surface area contributed by atoms with E-state index in [1.54, 1.807) is 36.1 Å². The summed E-state index contributed by atoms with van der Waals surface area (Å²) in [6, 6.07) is 12.8. The monoisotopic (exact) mass is 382 g/mol. The van der Waals surface area contributed by atoms with E-state index in [0.717, 1.165) is 11.1 Å². The molecule has 1 heterocycles. The number of rotatable bonds is 5. The average molecular weight is 382 g/mol. The summed E-state index contributed by atoms with van der Waals surface area (Å²) in [7, 11) is 0. The molecule has 0 aromatic heterocycles. The van der Waals surface area contributed by atoms with Gasteiger partial charge in [-0.15, -0.1) is 0 Å². The van der Waals surface area contributed by atoms with Gasteiger partial charge in [0.2, 0.25) is 0 Å². The van der Waals surface area contributed by atoms with E-state index in [9.17, 15) is 9.59 Å². The number of hydrogen-bond donors (Lipinski definition) is 1. The number of carbonyl (C=O) groups is 2. The molecule has 2 aromatic carbocycles. The largest absolute Gasteiger partial charge is 0.481 e. The molecule has 2 aromatic rings. The van der Waals surface area contributed by atoms with Gasteiger partial charge in [-0.1, -0.05) is 24.3 Å². The van der Waals surface area contributed by atoms with Crippen LogP contribution in [0.15, 0.2) is 42.5 Å². The van der Waals surface area contributed by atoms with Crippen LogP contribution in [0.1, 0.15) is 28.4 Å². The number of benzene rings is 2. The maximum Gasteiger partial charge on any atom is 0.265 e. The predicted molar refractivity (Wildman–Crippen MR) is 108 cm³/mol. The van der Waals surface area contributed by atoms with Gasteiger partial charge in [0.25, 0.3) is 11.8 Å². The number of nitrogens with one attached hydrogen (secondary N) is 1. The number of aryl methyl sites for hydroxylation is 1. The fourth-order valence-corrected chi connectivity index (χ4v) is 3.05. The predicted octanol–water partition coefficient (Wildman–Crippen LogP) is 3.18. The molecule has 0 spiro atoms. The molecule has 3 rings (SSSR count). The lowest BCUT2D eigenvalue weighted by Gasteiger charge is -2.27. The molecular formula is C22H26N2O4. The maximum absolute atomic E-state index is 12.8. The molecule has 0 radical (unpaired) electrons. The second kappa shape index (κ2) is 8.89. The standard InChI is InChI=1S/C22H26N2O4/c1-15-7-6-10-20(16(15)2)28-17(3)21(25)23-19-9-5-4-8-18(19)22(26)24-11-13-27-14-12-24/h4-10,17H,11-14H2,1-3H3,(H,23,25). The van der Waals surface area contributed by atoms with Gasteiger partial charge in [-0.3, -0.25) is 9.59 Å². The number of carbonyl (C=O) groups excluding carboxylic acids is 2. The number of morpholine rings is 1. The highest BCUT2D eigenvalue weighted by molar-refractivity contribution is 6.04. The molecule has 0 aliphatic carbocycles. The molecule has 1 fully saturated rings. The highest BCUT2D eigenvalue weighted by atomic mass is 16.5. The fourth-order valence-electron chi connectivity index (χ4n) is 3.05. The molecule has 0 bridgehead atoms. The van der Waals surface area contributed by atoms with Crippen molar-refractivity contribution in [1.29, 1.82) is 0 Å². The summed E-state index contributed by atoms with van der Waals surface area (Å²) in [5, 5.41) is 2.84. The van der Waals surface area contributed by atoms with Gasteiger partial charge < -0.3 is 19.7 Å². The Morgan fingerprint density at radius 2 is 1.79 bits per heavy atom. The van der Waals surface area contributed by atoms with E-state index in [4.69, 9.17) is 9.47 Å². The second-order valence-corrected chi connectivity index (χ2v) is 6.90. The first-order valence-electron chi connectivity index (χ1n) is 9.47. The topological polar surface area (TPSA) is 67.9 Å². The molecular weight excluding hydrogens is 356 g/mol. The van der Waals surface area contributed by atoms with Crippen molar-refractivity contribution in [3.8, 4) is 5.75 Å². The first-order chi connectivity index (χ1) is 13.5. The summed E-state index contributed by atoms with van der Waals surface area (Å²) in [6.07, 6.45) is -0.702. The van der Waals surface area contributed by atoms with Crippen LogP contribution in [0.3, 0.4) is 0 Å². The Labute approximate surface area is 165 Å². The molecule has 6 heteroatoms. The van der Waals surface area contributed by atoms with Crippen molar-refractivity contribution in [3.05, 3.63) is 59.2 Å². The molecule has 1 saturated heterocycles. The van der Waals surface area contributed by atoms with E-state index in [-0.39, 0.29) is 11.8 Å². The van der Waals surface area contributed by atoms with Gasteiger partial charge in [0.05, 0.1) is 24.5 Å². The third kappa shape index (κ3) is 4.51. The van der Waals surface area contributed by atoms with E-state index in [2.05, 4.69) is 5.32 Å². The lowest BCUT2D eigenvalue weighted by Crippen LogP contribution is -2.41. The van der Waals surface area contributed by atoms with Crippen LogP contribution in [0.4, 0.5) is 5.69 Å². The van der Waals surface area contributed by atoms with Crippen molar-refractivity contribution in [2.45, 2.75) is 26.9 Å². The zero-order valence-corrected chi connectivity index (χ0v) is 16.5. The van der Waals surface area contributed by atoms with Gasteiger partial charge >= 0.3 is 0 Å². The Kier molecular flexibility index (Phi) is 6.31. The van der Waals surface area contributed by atoms with Crippen LogP contribution in [-0.4, -0.2) is 49.1 Å². The number of nitrogens with zero attached hydrogens (tertiary/aromatic N) is 1. The van der Waals surface area contributed by atoms with Gasteiger partial charge in [0, 0.05) is 13.1 Å². The van der Waals surface area contributed by atoms with Crippen LogP contribution in [0.5, 0.6) is 5.75 Å². The van der Waals surface area contributed by atoms with Gasteiger partial charge in [-0.05, 0) is 50.1 Å². The van der Waals surface area contributed by atoms with Crippen molar-refractivity contribution in [2.24, 2.45) is 0 Å². The van der Waals surface area contributed by atoms with Crippen molar-refractivity contribution >= 4 is 17.5 Å². The Morgan fingerprint density at radius 1 is 1.07 bits per heavy atom. The summed E-state index contributed by atoms with van der Waals surface area (Å²) in [5.74, 6) is 0.269. The van der Waals surface area contributed by atoms with Crippen LogP contribution in [-0.2, 0) is 9.53 Å². The van der Waals surface area contributed by atoms with Crippen LogP contribution in [0, 0.1) is 13.8 Å². The molecule has 0 saturated carbocycles. The molecule has 6 nitrogen and oxygen atoms in total. The first kappa shape index (κ1) is 19.9. The molecule has 1 atom stereocenters. The van der Waals surface area contributed by atoms with Crippen molar-refractivity contribution in [3.63, 3.8) is 0 Å². The highest BCUT2D eigenvalue weighted by Gasteiger charge is 2.23. The lowest BCUT2D eigenvalue weighted by atomic mass is 10.1. The van der Waals surface area contributed by atoms with Crippen LogP contribution in [0.2, 0.25) is 0 Å². The minimum absolute atomic E-state index is 0.109. The Morgan fingerprint density at radius 3 is 2.54 bits per heavy atom. The highest BCUT2D eigenvalue weighted by Crippen LogP contribution is 2.23. The Hall–Kier alpha value is -2.86. The molecule has 1 aliphatic heterocycles. The lowest BCUT2D eigenvalue weighted by molar-refractivity contribution is -0.122. The maximum atomic E-state index is 12.8. The number of amides is 2. The van der Waals surface area contributed by atoms with E-state index in [0.29, 0.717) is 43.3 Å². The summed E-state index contributed by atoms with van der Waals surface area (Å²) in [6.45, 7) is 7.82. The van der Waals surface area contributed by atoms with Gasteiger partial charge in [0.1, 0.15) is 5.75 Å². The number of hydrogen-bond acceptors (Lipinski definition) is 4. The number of para-hydroxylation sites is 1. The quantitative estimate of drug-likeness (QED) is 0.862. The zero-order chi connectivity index (χ0) is 20.1. The van der Waals surface area contributed by atoms with Crippen molar-refractivity contribution in [1.82, 2.24) is 4.90 Å². The van der Waals surface area contributed by atoms with Crippen LogP contribution in [0.25, 0.3) is 0 Å². The SMILES string of the molecule is Cc1cccc(OC(C)C(=O)Nc2ccccc2C(=O)N2CCOCC2)c1C. The zero-order valence-electron chi connectivity index (χ0n) is 16.5. The molecule has 1 unspecified atom stereocenters. The van der Waals surface area contributed by atoms with E-state index < -0.39 is 6.10 Å². The average Bonchev–Trinajstić information content (AvgIpc) is 2.72. The van der Waals surface area contributed by atoms with E-state index in [1.165, 1.54) is 0 Å². The van der Waals surface area contributed by atoms with Gasteiger partial charge in [-0.2, -0.15) is 0 Å². The van der Waals surface area contributed by atoms with Gasteiger partial charge in [-0.25, -0.2) is 0 Å². The summed E-state index contributed by atoms with van der Waals surface area (Å²) in [5.41, 5.74) is 3.06. The van der Waals surface area contributed by atoms with Crippen LogP contribution < -0.4 is 10.1 Å². The summed E-state index contributed by atoms with van der Waals surface area (Å²) < 4.78 is 11.2. The molecule has 28 heavy (non-hydrogen) atoms. The normalized spacial score (nSPS) is 15.0. The summed E-state index contributed by atoms with van der Waals surface area (Å²) >= 11 is 0. The van der Waals surface area contributed by atoms with Crippen molar-refractivity contribution < 1.29 is 19.1 Å². The molecule has 148 valence electrons. The first-order valence-corrected chi connectivity index (χ1v) is 9.47. The van der Waals surface area contributed by atoms with Crippen molar-refractivity contribution in [2.75, 3.05) is 31.6 Å². The Bertz CT molecular complexity index is 859. The second-order valence-electron chi connectivity index (χ2n) is 6.90. The summed E-state index contributed by atoms with van der Waals surface area (Å²) in [4.78, 5) is 27.3. The number of ether oxygens (including phenoxy) is 2. The van der Waals surface area contributed by atoms with E-state index in [1.807, 2.05) is 32.0 Å². The minimum Gasteiger partial charge on any atom is -0.481 e. The third-order valence-electron chi connectivity index (χ3n) is 4.94. The smallest absolute Gasteiger partial charge is 0.265 e. The third-order valence-corrected chi connectivity index (χ3v) is 4.94. The molecule has 2 amide bonds. The molecule has 1 aliphatic rings. The minimum atomic E-state index is -0.702. The Balaban J connectivity index is 1.71.